The molecule has 1 aliphatic rings. The fourth-order valence-electron chi connectivity index (χ4n) is 2.97. The molecule has 23 heavy (non-hydrogen) atoms. The summed E-state index contributed by atoms with van der Waals surface area (Å²) < 4.78 is 1.14. The molecule has 118 valence electrons. The number of thiophene rings is 1. The number of benzene rings is 1. The highest BCUT2D eigenvalue weighted by Crippen LogP contribution is 2.32. The van der Waals surface area contributed by atoms with Crippen molar-refractivity contribution >= 4 is 21.6 Å². The van der Waals surface area contributed by atoms with Gasteiger partial charge in [-0.3, -0.25) is 4.90 Å². The Bertz CT molecular complexity index is 755. The van der Waals surface area contributed by atoms with Crippen molar-refractivity contribution in [1.82, 2.24) is 19.8 Å². The number of hydrogen-bond donors (Lipinski definition) is 0. The van der Waals surface area contributed by atoms with Crippen molar-refractivity contribution in [2.24, 2.45) is 0 Å². The van der Waals surface area contributed by atoms with Gasteiger partial charge in [-0.25, -0.2) is 9.97 Å². The van der Waals surface area contributed by atoms with Gasteiger partial charge in [-0.1, -0.05) is 24.3 Å². The van der Waals surface area contributed by atoms with Crippen molar-refractivity contribution in [2.75, 3.05) is 33.2 Å². The Kier molecular flexibility index (Phi) is 4.08. The molecule has 0 aliphatic carbocycles. The zero-order valence-corrected chi connectivity index (χ0v) is 14.1. The summed E-state index contributed by atoms with van der Waals surface area (Å²) in [4.78, 5) is 14.6. The average Bonchev–Trinajstić information content (AvgIpc) is 3.02. The summed E-state index contributed by atoms with van der Waals surface area (Å²) in [5.74, 6) is 0. The smallest absolute Gasteiger partial charge is 0.116 e. The van der Waals surface area contributed by atoms with Crippen LogP contribution in [-0.4, -0.2) is 53.0 Å². The van der Waals surface area contributed by atoms with E-state index in [9.17, 15) is 0 Å². The van der Waals surface area contributed by atoms with Crippen molar-refractivity contribution in [3.63, 3.8) is 0 Å². The number of rotatable bonds is 3. The Balaban J connectivity index is 1.49. The van der Waals surface area contributed by atoms with E-state index in [0.29, 0.717) is 0 Å². The van der Waals surface area contributed by atoms with Crippen molar-refractivity contribution in [3.8, 4) is 10.4 Å². The molecule has 0 N–H and O–H groups in total. The molecule has 1 fully saturated rings. The first-order valence-corrected chi connectivity index (χ1v) is 8.79. The van der Waals surface area contributed by atoms with Crippen LogP contribution in [0.4, 0.5) is 0 Å². The Labute approximate surface area is 140 Å². The summed E-state index contributed by atoms with van der Waals surface area (Å²) in [5, 5.41) is 0. The fourth-order valence-corrected chi connectivity index (χ4v) is 3.96. The Morgan fingerprint density at radius 1 is 1.09 bits per heavy atom. The number of nitrogens with zero attached hydrogens (tertiary/aromatic N) is 4. The van der Waals surface area contributed by atoms with Gasteiger partial charge in [-0.05, 0) is 24.2 Å². The van der Waals surface area contributed by atoms with Crippen LogP contribution < -0.4 is 0 Å². The lowest BCUT2D eigenvalue weighted by Gasteiger charge is -2.32. The SMILES string of the molecule is CN1CCN(Cc2ccc(-c3cc4ncncc4s3)cc2)CC1. The maximum atomic E-state index is 4.32. The van der Waals surface area contributed by atoms with Crippen molar-refractivity contribution < 1.29 is 0 Å². The van der Waals surface area contributed by atoms with Crippen LogP contribution in [0.2, 0.25) is 0 Å². The standard InChI is InChI=1S/C18H20N4S/c1-21-6-8-22(9-7-21)12-14-2-4-15(5-3-14)17-10-16-18(23-17)11-19-13-20-16/h2-5,10-11,13H,6-9,12H2,1H3. The second-order valence-electron chi connectivity index (χ2n) is 6.16. The van der Waals surface area contributed by atoms with E-state index in [1.54, 1.807) is 17.7 Å². The predicted octanol–water partition coefficient (Wildman–Crippen LogP) is 3.11. The first-order valence-electron chi connectivity index (χ1n) is 7.98. The van der Waals surface area contributed by atoms with Gasteiger partial charge in [0.1, 0.15) is 6.33 Å². The van der Waals surface area contributed by atoms with Crippen molar-refractivity contribution in [1.29, 1.82) is 0 Å². The van der Waals surface area contributed by atoms with E-state index in [2.05, 4.69) is 57.1 Å². The van der Waals surface area contributed by atoms with Crippen molar-refractivity contribution in [2.45, 2.75) is 6.54 Å². The molecule has 0 bridgehead atoms. The van der Waals surface area contributed by atoms with Gasteiger partial charge in [-0.15, -0.1) is 11.3 Å². The number of aromatic nitrogens is 2. The molecule has 4 rings (SSSR count). The van der Waals surface area contributed by atoms with E-state index in [1.165, 1.54) is 29.1 Å². The summed E-state index contributed by atoms with van der Waals surface area (Å²) in [7, 11) is 2.20. The van der Waals surface area contributed by atoms with E-state index in [4.69, 9.17) is 0 Å². The maximum absolute atomic E-state index is 4.32. The highest BCUT2D eigenvalue weighted by molar-refractivity contribution is 7.22. The Morgan fingerprint density at radius 3 is 2.61 bits per heavy atom. The number of hydrogen-bond acceptors (Lipinski definition) is 5. The zero-order chi connectivity index (χ0) is 15.6. The van der Waals surface area contributed by atoms with Crippen LogP contribution in [0.1, 0.15) is 5.56 Å². The lowest BCUT2D eigenvalue weighted by atomic mass is 10.1. The van der Waals surface area contributed by atoms with Gasteiger partial charge < -0.3 is 4.90 Å². The lowest BCUT2D eigenvalue weighted by Crippen LogP contribution is -2.43. The van der Waals surface area contributed by atoms with Gasteiger partial charge in [0.25, 0.3) is 0 Å². The lowest BCUT2D eigenvalue weighted by molar-refractivity contribution is 0.148. The second-order valence-corrected chi connectivity index (χ2v) is 7.24. The largest absolute Gasteiger partial charge is 0.304 e. The van der Waals surface area contributed by atoms with E-state index in [0.717, 1.165) is 29.9 Å². The quantitative estimate of drug-likeness (QED) is 0.741. The average molecular weight is 324 g/mol. The molecule has 0 amide bonds. The molecule has 4 nitrogen and oxygen atoms in total. The van der Waals surface area contributed by atoms with Crippen molar-refractivity contribution in [3.05, 3.63) is 48.4 Å². The van der Waals surface area contributed by atoms with E-state index >= 15 is 0 Å². The minimum atomic E-state index is 1.03. The topological polar surface area (TPSA) is 32.3 Å². The summed E-state index contributed by atoms with van der Waals surface area (Å²) in [6.45, 7) is 5.70. The van der Waals surface area contributed by atoms with Crippen LogP contribution in [0.3, 0.4) is 0 Å². The molecule has 0 spiro atoms. The third-order valence-corrected chi connectivity index (χ3v) is 5.54. The molecule has 5 heteroatoms. The second kappa shape index (κ2) is 6.35. The molecule has 1 aromatic carbocycles. The third-order valence-electron chi connectivity index (χ3n) is 4.44. The van der Waals surface area contributed by atoms with Crippen LogP contribution in [0, 0.1) is 0 Å². The molecule has 2 aromatic heterocycles. The van der Waals surface area contributed by atoms with Crippen LogP contribution in [-0.2, 0) is 6.54 Å². The van der Waals surface area contributed by atoms with E-state index in [-0.39, 0.29) is 0 Å². The minimum absolute atomic E-state index is 1.03. The molecule has 1 aliphatic heterocycles. The van der Waals surface area contributed by atoms with Gasteiger partial charge in [0.2, 0.25) is 0 Å². The summed E-state index contributed by atoms with van der Waals surface area (Å²) in [6.07, 6.45) is 3.50. The maximum Gasteiger partial charge on any atom is 0.116 e. The van der Waals surface area contributed by atoms with Crippen LogP contribution >= 0.6 is 11.3 Å². The molecule has 3 heterocycles. The first kappa shape index (κ1) is 14.8. The van der Waals surface area contributed by atoms with Gasteiger partial charge in [-0.2, -0.15) is 0 Å². The Hall–Kier alpha value is -1.82. The van der Waals surface area contributed by atoms with E-state index in [1.807, 2.05) is 6.20 Å². The number of likely N-dealkylation sites (N-methyl/N-ethyl adjacent to an activating group) is 1. The predicted molar refractivity (Wildman–Crippen MR) is 95.6 cm³/mol. The van der Waals surface area contributed by atoms with Gasteiger partial charge in [0.15, 0.2) is 0 Å². The molecule has 0 radical (unpaired) electrons. The number of piperazine rings is 1. The highest BCUT2D eigenvalue weighted by Gasteiger charge is 2.14. The molecule has 0 unspecified atom stereocenters. The summed E-state index contributed by atoms with van der Waals surface area (Å²) in [5.41, 5.74) is 3.68. The molecule has 1 saturated heterocycles. The van der Waals surface area contributed by atoms with Gasteiger partial charge in [0, 0.05) is 43.8 Å². The minimum Gasteiger partial charge on any atom is -0.304 e. The van der Waals surface area contributed by atoms with Crippen LogP contribution in [0.15, 0.2) is 42.9 Å². The molecule has 0 atom stereocenters. The molecular formula is C18H20N4S. The van der Waals surface area contributed by atoms with Gasteiger partial charge in [0.05, 0.1) is 10.2 Å². The fraction of sp³-hybridized carbons (Fsp3) is 0.333. The third kappa shape index (κ3) is 3.27. The molecular weight excluding hydrogens is 304 g/mol. The monoisotopic (exact) mass is 324 g/mol. The van der Waals surface area contributed by atoms with E-state index < -0.39 is 0 Å². The van der Waals surface area contributed by atoms with Crippen LogP contribution in [0.5, 0.6) is 0 Å². The molecule has 0 saturated carbocycles. The van der Waals surface area contributed by atoms with Gasteiger partial charge >= 0.3 is 0 Å². The molecule has 3 aromatic rings. The van der Waals surface area contributed by atoms with Crippen LogP contribution in [0.25, 0.3) is 20.7 Å². The zero-order valence-electron chi connectivity index (χ0n) is 13.3. The summed E-state index contributed by atoms with van der Waals surface area (Å²) in [6, 6.07) is 11.1. The normalized spacial score (nSPS) is 16.9. The first-order chi connectivity index (χ1) is 11.3. The summed E-state index contributed by atoms with van der Waals surface area (Å²) >= 11 is 1.75. The highest BCUT2D eigenvalue weighted by atomic mass is 32.1. The number of fused-ring (bicyclic) bond motifs is 1. The Morgan fingerprint density at radius 2 is 1.87 bits per heavy atom.